The average Bonchev–Trinajstić information content (AvgIpc) is 2.75. The molecule has 0 fully saturated rings. The Morgan fingerprint density at radius 2 is 1.89 bits per heavy atom. The summed E-state index contributed by atoms with van der Waals surface area (Å²) in [6.45, 7) is 5.67. The first kappa shape index (κ1) is 13.8. The van der Waals surface area contributed by atoms with Crippen molar-refractivity contribution in [3.63, 3.8) is 0 Å². The second-order valence-corrected chi connectivity index (χ2v) is 6.01. The summed E-state index contributed by atoms with van der Waals surface area (Å²) in [6, 6.07) is 7.13. The lowest BCUT2D eigenvalue weighted by Crippen LogP contribution is -2.10. The van der Waals surface area contributed by atoms with Gasteiger partial charge in [-0.15, -0.1) is 0 Å². The summed E-state index contributed by atoms with van der Waals surface area (Å²) in [6.07, 6.45) is 3.73. The lowest BCUT2D eigenvalue weighted by atomic mass is 10.2. The van der Waals surface area contributed by atoms with Gasteiger partial charge in [0, 0.05) is 12.4 Å². The van der Waals surface area contributed by atoms with Crippen molar-refractivity contribution in [3.05, 3.63) is 47.8 Å². The van der Waals surface area contributed by atoms with Crippen molar-refractivity contribution >= 4 is 10.1 Å². The third-order valence-corrected chi connectivity index (χ3v) is 4.21. The standard InChI is InChI=1S/C14H17NO3S/c1-4-18-19(16,17)14-6-5-11(2)9-13(14)15-8-7-12(3)10-15/h5-10H,4H2,1-3H3. The van der Waals surface area contributed by atoms with Crippen molar-refractivity contribution in [2.75, 3.05) is 6.61 Å². The molecule has 102 valence electrons. The van der Waals surface area contributed by atoms with Gasteiger partial charge in [0.15, 0.2) is 0 Å². The Morgan fingerprint density at radius 1 is 1.16 bits per heavy atom. The topological polar surface area (TPSA) is 48.3 Å². The lowest BCUT2D eigenvalue weighted by molar-refractivity contribution is 0.338. The maximum atomic E-state index is 12.1. The maximum Gasteiger partial charge on any atom is 0.299 e. The largest absolute Gasteiger partial charge is 0.322 e. The van der Waals surface area contributed by atoms with Crippen molar-refractivity contribution in [3.8, 4) is 5.69 Å². The Kier molecular flexibility index (Phi) is 3.78. The van der Waals surface area contributed by atoms with Gasteiger partial charge in [0.25, 0.3) is 10.1 Å². The van der Waals surface area contributed by atoms with Crippen LogP contribution in [-0.4, -0.2) is 19.6 Å². The average molecular weight is 279 g/mol. The molecule has 0 N–H and O–H groups in total. The van der Waals surface area contributed by atoms with Crippen LogP contribution in [0.2, 0.25) is 0 Å². The van der Waals surface area contributed by atoms with Gasteiger partial charge < -0.3 is 4.57 Å². The summed E-state index contributed by atoms with van der Waals surface area (Å²) < 4.78 is 30.9. The molecule has 5 heteroatoms. The third kappa shape index (κ3) is 2.88. The van der Waals surface area contributed by atoms with E-state index in [-0.39, 0.29) is 11.5 Å². The van der Waals surface area contributed by atoms with Crippen molar-refractivity contribution in [1.82, 2.24) is 4.57 Å². The van der Waals surface area contributed by atoms with Crippen LogP contribution < -0.4 is 0 Å². The molecule has 2 aromatic rings. The quantitative estimate of drug-likeness (QED) is 0.809. The number of hydrogen-bond donors (Lipinski definition) is 0. The highest BCUT2D eigenvalue weighted by molar-refractivity contribution is 7.86. The molecule has 0 bridgehead atoms. The molecule has 1 heterocycles. The molecule has 0 saturated heterocycles. The van der Waals surface area contributed by atoms with Gasteiger partial charge in [0.05, 0.1) is 12.3 Å². The van der Waals surface area contributed by atoms with E-state index in [2.05, 4.69) is 0 Å². The summed E-state index contributed by atoms with van der Waals surface area (Å²) in [4.78, 5) is 0.190. The van der Waals surface area contributed by atoms with Crippen LogP contribution in [0.25, 0.3) is 5.69 Å². The zero-order valence-corrected chi connectivity index (χ0v) is 12.1. The van der Waals surface area contributed by atoms with Crippen molar-refractivity contribution < 1.29 is 12.6 Å². The SMILES string of the molecule is CCOS(=O)(=O)c1ccc(C)cc1-n1ccc(C)c1. The first-order valence-electron chi connectivity index (χ1n) is 6.09. The molecule has 0 aliphatic heterocycles. The summed E-state index contributed by atoms with van der Waals surface area (Å²) in [5, 5.41) is 0. The Morgan fingerprint density at radius 3 is 2.47 bits per heavy atom. The van der Waals surface area contributed by atoms with Gasteiger partial charge in [-0.25, -0.2) is 0 Å². The van der Waals surface area contributed by atoms with Gasteiger partial charge in [-0.1, -0.05) is 6.07 Å². The lowest BCUT2D eigenvalue weighted by Gasteiger charge is -2.12. The maximum absolute atomic E-state index is 12.1. The van der Waals surface area contributed by atoms with E-state index >= 15 is 0 Å². The van der Waals surface area contributed by atoms with E-state index in [1.165, 1.54) is 0 Å². The van der Waals surface area contributed by atoms with Gasteiger partial charge in [-0.05, 0) is 50.1 Å². The normalized spacial score (nSPS) is 11.7. The fourth-order valence-corrected chi connectivity index (χ4v) is 3.00. The van der Waals surface area contributed by atoms with Crippen molar-refractivity contribution in [1.29, 1.82) is 0 Å². The number of aromatic nitrogens is 1. The molecule has 0 radical (unpaired) electrons. The van der Waals surface area contributed by atoms with Crippen LogP contribution in [0.4, 0.5) is 0 Å². The fraction of sp³-hybridized carbons (Fsp3) is 0.286. The van der Waals surface area contributed by atoms with Crippen LogP contribution in [0.1, 0.15) is 18.1 Å². The molecule has 0 aliphatic rings. The highest BCUT2D eigenvalue weighted by Gasteiger charge is 2.20. The van der Waals surface area contributed by atoms with Crippen LogP contribution in [-0.2, 0) is 14.3 Å². The molecule has 0 unspecified atom stereocenters. The number of aryl methyl sites for hydroxylation is 2. The molecule has 4 nitrogen and oxygen atoms in total. The first-order chi connectivity index (χ1) is 8.94. The zero-order valence-electron chi connectivity index (χ0n) is 11.3. The van der Waals surface area contributed by atoms with Crippen LogP contribution in [0.5, 0.6) is 0 Å². The predicted octanol–water partition coefficient (Wildman–Crippen LogP) is 2.82. The fourth-order valence-electron chi connectivity index (χ4n) is 1.91. The predicted molar refractivity (Wildman–Crippen MR) is 74.1 cm³/mol. The molecule has 1 aromatic carbocycles. The Hall–Kier alpha value is -1.59. The molecule has 0 atom stereocenters. The highest BCUT2D eigenvalue weighted by atomic mass is 32.2. The number of hydrogen-bond acceptors (Lipinski definition) is 3. The van der Waals surface area contributed by atoms with E-state index in [4.69, 9.17) is 4.18 Å². The van der Waals surface area contributed by atoms with E-state index in [9.17, 15) is 8.42 Å². The molecular weight excluding hydrogens is 262 g/mol. The Bertz CT molecular complexity index is 686. The molecule has 0 aliphatic carbocycles. The van der Waals surface area contributed by atoms with Crippen LogP contribution >= 0.6 is 0 Å². The zero-order chi connectivity index (χ0) is 14.0. The highest BCUT2D eigenvalue weighted by Crippen LogP contribution is 2.24. The summed E-state index contributed by atoms with van der Waals surface area (Å²) >= 11 is 0. The summed E-state index contributed by atoms with van der Waals surface area (Å²) in [5.74, 6) is 0. The molecule has 1 aromatic heterocycles. The second-order valence-electron chi connectivity index (χ2n) is 4.43. The van der Waals surface area contributed by atoms with E-state index in [1.54, 1.807) is 23.6 Å². The van der Waals surface area contributed by atoms with Crippen LogP contribution in [0.15, 0.2) is 41.6 Å². The third-order valence-electron chi connectivity index (χ3n) is 2.78. The molecule has 0 amide bonds. The van der Waals surface area contributed by atoms with E-state index in [1.807, 2.05) is 38.4 Å². The Balaban J connectivity index is 2.63. The van der Waals surface area contributed by atoms with Crippen LogP contribution in [0.3, 0.4) is 0 Å². The second kappa shape index (κ2) is 5.19. The number of benzene rings is 1. The molecule has 0 saturated carbocycles. The van der Waals surface area contributed by atoms with Gasteiger partial charge in [-0.3, -0.25) is 4.18 Å². The van der Waals surface area contributed by atoms with E-state index < -0.39 is 10.1 Å². The number of nitrogens with zero attached hydrogens (tertiary/aromatic N) is 1. The van der Waals surface area contributed by atoms with Crippen molar-refractivity contribution in [2.45, 2.75) is 25.7 Å². The molecule has 2 rings (SSSR count). The monoisotopic (exact) mass is 279 g/mol. The van der Waals surface area contributed by atoms with E-state index in [0.717, 1.165) is 11.1 Å². The molecule has 19 heavy (non-hydrogen) atoms. The van der Waals surface area contributed by atoms with Gasteiger partial charge >= 0.3 is 0 Å². The minimum absolute atomic E-state index is 0.125. The molecule has 0 spiro atoms. The van der Waals surface area contributed by atoms with Crippen molar-refractivity contribution in [2.24, 2.45) is 0 Å². The minimum Gasteiger partial charge on any atom is -0.322 e. The Labute approximate surface area is 113 Å². The summed E-state index contributed by atoms with van der Waals surface area (Å²) in [5.41, 5.74) is 2.68. The van der Waals surface area contributed by atoms with Gasteiger partial charge in [-0.2, -0.15) is 8.42 Å². The van der Waals surface area contributed by atoms with E-state index in [0.29, 0.717) is 5.69 Å². The van der Waals surface area contributed by atoms with Gasteiger partial charge in [0.1, 0.15) is 4.90 Å². The van der Waals surface area contributed by atoms with Gasteiger partial charge in [0.2, 0.25) is 0 Å². The first-order valence-corrected chi connectivity index (χ1v) is 7.50. The number of rotatable bonds is 4. The smallest absolute Gasteiger partial charge is 0.299 e. The summed E-state index contributed by atoms with van der Waals surface area (Å²) in [7, 11) is -3.72. The van der Waals surface area contributed by atoms with Crippen LogP contribution in [0, 0.1) is 13.8 Å². The minimum atomic E-state index is -3.72. The molecular formula is C14H17NO3S.